The van der Waals surface area contributed by atoms with Crippen LogP contribution in [0.1, 0.15) is 17.7 Å². The van der Waals surface area contributed by atoms with Crippen molar-refractivity contribution >= 4 is 41.7 Å². The molecule has 0 atom stereocenters. The smallest absolute Gasteiger partial charge is 0.227 e. The largest absolute Gasteiger partial charge is 0.497 e. The number of carbonyl (C=O) groups is 1. The van der Waals surface area contributed by atoms with Crippen LogP contribution in [0, 0.1) is 6.92 Å². The molecule has 3 N–H and O–H groups in total. The van der Waals surface area contributed by atoms with Gasteiger partial charge in [-0.3, -0.25) is 9.79 Å². The second-order valence-corrected chi connectivity index (χ2v) is 5.67. The van der Waals surface area contributed by atoms with Crippen LogP contribution in [0.25, 0.3) is 0 Å². The number of guanidine groups is 1. The summed E-state index contributed by atoms with van der Waals surface area (Å²) in [6.07, 6.45) is 0.315. The van der Waals surface area contributed by atoms with Crippen molar-refractivity contribution in [1.82, 2.24) is 15.6 Å². The van der Waals surface area contributed by atoms with Gasteiger partial charge in [0.15, 0.2) is 5.96 Å². The molecule has 8 heteroatoms. The summed E-state index contributed by atoms with van der Waals surface area (Å²) in [6.45, 7) is 2.96. The number of pyridine rings is 1. The zero-order valence-electron chi connectivity index (χ0n) is 15.8. The van der Waals surface area contributed by atoms with Crippen LogP contribution in [0.15, 0.2) is 47.5 Å². The Morgan fingerprint density at radius 2 is 1.96 bits per heavy atom. The van der Waals surface area contributed by atoms with Crippen molar-refractivity contribution in [2.75, 3.05) is 26.0 Å². The zero-order chi connectivity index (χ0) is 18.8. The molecule has 7 nitrogen and oxygen atoms in total. The molecule has 2 rings (SSSR count). The van der Waals surface area contributed by atoms with Gasteiger partial charge < -0.3 is 20.7 Å². The Labute approximate surface area is 177 Å². The Morgan fingerprint density at radius 3 is 2.67 bits per heavy atom. The third kappa shape index (κ3) is 8.25. The van der Waals surface area contributed by atoms with Crippen LogP contribution < -0.4 is 20.7 Å². The molecule has 1 heterocycles. The highest BCUT2D eigenvalue weighted by molar-refractivity contribution is 14.0. The van der Waals surface area contributed by atoms with Crippen LogP contribution in [0.4, 0.5) is 5.82 Å². The molecule has 1 aromatic carbocycles. The van der Waals surface area contributed by atoms with E-state index in [9.17, 15) is 4.79 Å². The quantitative estimate of drug-likeness (QED) is 0.320. The molecule has 1 aromatic heterocycles. The van der Waals surface area contributed by atoms with Crippen molar-refractivity contribution in [3.63, 3.8) is 0 Å². The predicted octanol–water partition coefficient (Wildman–Crippen LogP) is 2.71. The average molecular weight is 483 g/mol. The van der Waals surface area contributed by atoms with Crippen LogP contribution in [0.5, 0.6) is 5.75 Å². The topological polar surface area (TPSA) is 87.6 Å². The minimum Gasteiger partial charge on any atom is -0.497 e. The van der Waals surface area contributed by atoms with Crippen molar-refractivity contribution in [2.45, 2.75) is 19.9 Å². The maximum Gasteiger partial charge on any atom is 0.227 e. The number of nitrogens with zero attached hydrogens (tertiary/aromatic N) is 2. The van der Waals surface area contributed by atoms with Crippen LogP contribution in [0.3, 0.4) is 0 Å². The second-order valence-electron chi connectivity index (χ2n) is 5.67. The summed E-state index contributed by atoms with van der Waals surface area (Å²) >= 11 is 0. The molecule has 0 fully saturated rings. The van der Waals surface area contributed by atoms with Gasteiger partial charge in [-0.2, -0.15) is 0 Å². The molecule has 27 heavy (non-hydrogen) atoms. The predicted molar refractivity (Wildman–Crippen MR) is 119 cm³/mol. The summed E-state index contributed by atoms with van der Waals surface area (Å²) in [7, 11) is 3.34. The van der Waals surface area contributed by atoms with Gasteiger partial charge in [0.2, 0.25) is 5.91 Å². The lowest BCUT2D eigenvalue weighted by atomic mass is 10.2. The van der Waals surface area contributed by atoms with Gasteiger partial charge in [0.25, 0.3) is 0 Å². The Bertz CT molecular complexity index is 767. The summed E-state index contributed by atoms with van der Waals surface area (Å²) in [4.78, 5) is 20.4. The molecular weight excluding hydrogens is 457 g/mol. The van der Waals surface area contributed by atoms with Crippen molar-refractivity contribution in [1.29, 1.82) is 0 Å². The number of aliphatic imine (C=N–C) groups is 1. The number of hydrogen-bond donors (Lipinski definition) is 3. The minimum atomic E-state index is -0.0983. The van der Waals surface area contributed by atoms with E-state index >= 15 is 0 Å². The lowest BCUT2D eigenvalue weighted by molar-refractivity contribution is -0.116. The number of halogens is 1. The molecule has 0 spiro atoms. The van der Waals surface area contributed by atoms with E-state index in [1.807, 2.05) is 43.3 Å². The number of hydrogen-bond acceptors (Lipinski definition) is 4. The number of anilines is 1. The lowest BCUT2D eigenvalue weighted by Gasteiger charge is -2.12. The molecule has 0 aliphatic heterocycles. The number of methoxy groups -OCH3 is 1. The van der Waals surface area contributed by atoms with E-state index < -0.39 is 0 Å². The first-order chi connectivity index (χ1) is 12.6. The van der Waals surface area contributed by atoms with E-state index in [1.54, 1.807) is 20.2 Å². The second kappa shape index (κ2) is 12.1. The van der Waals surface area contributed by atoms with Gasteiger partial charge in [-0.05, 0) is 36.8 Å². The van der Waals surface area contributed by atoms with Crippen LogP contribution in [0.2, 0.25) is 0 Å². The van der Waals surface area contributed by atoms with E-state index in [2.05, 4.69) is 25.9 Å². The molecule has 1 amide bonds. The Morgan fingerprint density at radius 1 is 1.19 bits per heavy atom. The van der Waals surface area contributed by atoms with Crippen molar-refractivity contribution in [3.8, 4) is 5.75 Å². The van der Waals surface area contributed by atoms with E-state index in [0.29, 0.717) is 31.3 Å². The normalized spacial score (nSPS) is 10.6. The molecule has 2 aromatic rings. The van der Waals surface area contributed by atoms with Crippen molar-refractivity contribution < 1.29 is 9.53 Å². The SMILES string of the molecule is CN=C(NCCC(=O)Nc1cccc(C)n1)NCc1cccc(OC)c1.I. The van der Waals surface area contributed by atoms with Gasteiger partial charge in [0.1, 0.15) is 11.6 Å². The fourth-order valence-electron chi connectivity index (χ4n) is 2.30. The molecule has 0 saturated carbocycles. The number of amides is 1. The third-order valence-electron chi connectivity index (χ3n) is 3.62. The number of aryl methyl sites for hydroxylation is 1. The monoisotopic (exact) mass is 483 g/mol. The minimum absolute atomic E-state index is 0. The fourth-order valence-corrected chi connectivity index (χ4v) is 2.30. The Balaban J connectivity index is 0.00000364. The molecule has 146 valence electrons. The van der Waals surface area contributed by atoms with Gasteiger partial charge >= 0.3 is 0 Å². The average Bonchev–Trinajstić information content (AvgIpc) is 2.64. The summed E-state index contributed by atoms with van der Waals surface area (Å²) in [5.41, 5.74) is 1.94. The Kier molecular flexibility index (Phi) is 10.2. The Hall–Kier alpha value is -2.36. The van der Waals surface area contributed by atoms with E-state index in [-0.39, 0.29) is 29.9 Å². The highest BCUT2D eigenvalue weighted by atomic mass is 127. The van der Waals surface area contributed by atoms with Gasteiger partial charge in [-0.15, -0.1) is 24.0 Å². The summed E-state index contributed by atoms with van der Waals surface area (Å²) in [5, 5.41) is 9.11. The molecule has 0 bridgehead atoms. The molecule has 0 saturated heterocycles. The highest BCUT2D eigenvalue weighted by Gasteiger charge is 2.05. The molecule has 0 aliphatic rings. The van der Waals surface area contributed by atoms with E-state index in [0.717, 1.165) is 17.0 Å². The number of nitrogens with one attached hydrogen (secondary N) is 3. The number of ether oxygens (including phenoxy) is 1. The maximum absolute atomic E-state index is 12.0. The number of benzene rings is 1. The number of carbonyl (C=O) groups excluding carboxylic acids is 1. The van der Waals surface area contributed by atoms with Crippen molar-refractivity contribution in [2.24, 2.45) is 4.99 Å². The number of aromatic nitrogens is 1. The molecule has 0 unspecified atom stereocenters. The fraction of sp³-hybridized carbons (Fsp3) is 0.316. The third-order valence-corrected chi connectivity index (χ3v) is 3.62. The first-order valence-electron chi connectivity index (χ1n) is 8.41. The molecule has 0 aliphatic carbocycles. The number of rotatable bonds is 7. The molecule has 0 radical (unpaired) electrons. The van der Waals surface area contributed by atoms with E-state index in [1.165, 1.54) is 0 Å². The summed E-state index contributed by atoms with van der Waals surface area (Å²) < 4.78 is 5.21. The van der Waals surface area contributed by atoms with Gasteiger partial charge in [-0.1, -0.05) is 18.2 Å². The highest BCUT2D eigenvalue weighted by Crippen LogP contribution is 2.12. The van der Waals surface area contributed by atoms with Crippen LogP contribution >= 0.6 is 24.0 Å². The van der Waals surface area contributed by atoms with Crippen LogP contribution in [-0.2, 0) is 11.3 Å². The van der Waals surface area contributed by atoms with Gasteiger partial charge in [0, 0.05) is 32.3 Å². The lowest BCUT2D eigenvalue weighted by Crippen LogP contribution is -2.38. The molecular formula is C19H26IN5O2. The maximum atomic E-state index is 12.0. The van der Waals surface area contributed by atoms with Crippen molar-refractivity contribution in [3.05, 3.63) is 53.7 Å². The summed E-state index contributed by atoms with van der Waals surface area (Å²) in [6, 6.07) is 13.3. The van der Waals surface area contributed by atoms with E-state index in [4.69, 9.17) is 4.74 Å². The first kappa shape index (κ1) is 22.7. The van der Waals surface area contributed by atoms with Gasteiger partial charge in [0.05, 0.1) is 7.11 Å². The summed E-state index contributed by atoms with van der Waals surface area (Å²) in [5.74, 6) is 1.91. The van der Waals surface area contributed by atoms with Crippen LogP contribution in [-0.4, -0.2) is 37.6 Å². The zero-order valence-corrected chi connectivity index (χ0v) is 18.1. The first-order valence-corrected chi connectivity index (χ1v) is 8.41. The van der Waals surface area contributed by atoms with Gasteiger partial charge in [-0.25, -0.2) is 4.98 Å². The standard InChI is InChI=1S/C19H25N5O2.HI/c1-14-6-4-9-17(23-14)24-18(25)10-11-21-19(20-2)22-13-15-7-5-8-16(12-15)26-3;/h4-9,12H,10-11,13H2,1-3H3,(H2,20,21,22)(H,23,24,25);1H.